The number of nitrogen functional groups attached to an aromatic ring is 1. The van der Waals surface area contributed by atoms with Gasteiger partial charge in [-0.2, -0.15) is 4.31 Å². The number of aliphatic hydroxyl groups excluding tert-OH is 3. The van der Waals surface area contributed by atoms with Gasteiger partial charge in [-0.05, 0) is 0 Å². The maximum absolute atomic E-state index is 14.8. The normalized spacial score (nSPS) is 32.1. The monoisotopic (exact) mass is 671 g/mol. The number of hydrogen-bond donors (Lipinski definition) is 7. The Balaban J connectivity index is 1.15. The van der Waals surface area contributed by atoms with E-state index in [0.29, 0.717) is 0 Å². The average Bonchev–Trinajstić information content (AvgIpc) is 3.70. The van der Waals surface area contributed by atoms with Crippen LogP contribution >= 0.6 is 27.0 Å². The van der Waals surface area contributed by atoms with Crippen LogP contribution in [0.5, 0.6) is 0 Å². The van der Waals surface area contributed by atoms with E-state index in [9.17, 15) is 43.4 Å². The second-order valence-electron chi connectivity index (χ2n) is 9.20. The average molecular weight is 671 g/mol. The molecule has 9 N–H and O–H groups in total. The van der Waals surface area contributed by atoms with Crippen molar-refractivity contribution in [3.05, 3.63) is 28.7 Å². The highest BCUT2D eigenvalue weighted by Gasteiger charge is 2.49. The lowest BCUT2D eigenvalue weighted by molar-refractivity contribution is -0.0493. The summed E-state index contributed by atoms with van der Waals surface area (Å²) in [5.74, 6) is -0.820. The number of carbonyl (C=O) groups is 1. The molecule has 0 saturated carbocycles. The summed E-state index contributed by atoms with van der Waals surface area (Å²) in [7, 11) is -10.8. The predicted molar refractivity (Wildman–Crippen MR) is 137 cm³/mol. The minimum Gasteiger partial charge on any atom is -0.387 e. The minimum absolute atomic E-state index is 0.0187. The number of alkyl halides is 1. The first-order valence-electron chi connectivity index (χ1n) is 12.0. The molecule has 43 heavy (non-hydrogen) atoms. The van der Waals surface area contributed by atoms with Crippen LogP contribution in [0.2, 0.25) is 0 Å². The van der Waals surface area contributed by atoms with Crippen LogP contribution in [-0.2, 0) is 32.0 Å². The highest BCUT2D eigenvalue weighted by atomic mass is 32.1. The maximum Gasteiger partial charge on any atom is 0.481 e. The van der Waals surface area contributed by atoms with Crippen molar-refractivity contribution in [2.24, 2.45) is 5.73 Å². The topological polar surface area (TPSA) is 307 Å². The van der Waals surface area contributed by atoms with Crippen LogP contribution in [0.15, 0.2) is 18.0 Å². The zero-order valence-electron chi connectivity index (χ0n) is 21.3. The number of halogens is 1. The van der Waals surface area contributed by atoms with E-state index in [1.165, 1.54) is 16.3 Å². The summed E-state index contributed by atoms with van der Waals surface area (Å²) in [6, 6.07) is 0. The molecule has 0 aliphatic carbocycles. The van der Waals surface area contributed by atoms with Crippen molar-refractivity contribution >= 4 is 49.9 Å². The van der Waals surface area contributed by atoms with Gasteiger partial charge in [0.15, 0.2) is 23.9 Å². The second kappa shape index (κ2) is 12.1. The first-order valence-corrected chi connectivity index (χ1v) is 15.9. The zero-order valence-corrected chi connectivity index (χ0v) is 23.9. The van der Waals surface area contributed by atoms with Gasteiger partial charge in [0, 0.05) is 5.38 Å². The predicted octanol–water partition coefficient (Wildman–Crippen LogP) is -1.33. The van der Waals surface area contributed by atoms with Crippen LogP contribution < -0.4 is 11.5 Å². The van der Waals surface area contributed by atoms with Crippen molar-refractivity contribution in [2.45, 2.75) is 49.0 Å². The number of hydrogen-bond acceptors (Lipinski definition) is 17. The molecule has 24 heteroatoms. The van der Waals surface area contributed by atoms with Gasteiger partial charge in [0.05, 0.1) is 19.5 Å². The number of phosphoric ester groups is 2. The summed E-state index contributed by atoms with van der Waals surface area (Å²) >= 11 is 0.899. The highest BCUT2D eigenvalue weighted by Crippen LogP contribution is 2.61. The molecule has 3 aromatic heterocycles. The van der Waals surface area contributed by atoms with E-state index in [1.807, 2.05) is 0 Å². The Morgan fingerprint density at radius 3 is 2.37 bits per heavy atom. The highest BCUT2D eigenvalue weighted by molar-refractivity contribution is 7.61. The van der Waals surface area contributed by atoms with E-state index in [-0.39, 0.29) is 27.7 Å². The summed E-state index contributed by atoms with van der Waals surface area (Å²) in [5, 5.41) is 32.3. The molecule has 20 nitrogen and oxygen atoms in total. The molecular formula is C19H24FN7O13P2S. The van der Waals surface area contributed by atoms with Gasteiger partial charge in [-0.15, -0.1) is 11.3 Å². The lowest BCUT2D eigenvalue weighted by Gasteiger charge is -2.20. The fraction of sp³-hybridized carbons (Fsp3) is 0.526. The Kier molecular flexibility index (Phi) is 8.95. The molecule has 2 unspecified atom stereocenters. The summed E-state index contributed by atoms with van der Waals surface area (Å²) in [4.78, 5) is 46.8. The SMILES string of the molecule is NC(=O)c1csc([C@@H]2O[C@H](COP(=O)(O)OP(=O)(O)OC[C@@H]3O[C@H](n4cnc5c(N)ncnc54)[C@@H](O)[C@H]3F)[C@@H](O)[C@H]2O)n1. The van der Waals surface area contributed by atoms with Crippen LogP contribution in [0.1, 0.15) is 27.8 Å². The Bertz CT molecular complexity index is 1600. The second-order valence-corrected chi connectivity index (χ2v) is 13.1. The van der Waals surface area contributed by atoms with Crippen molar-refractivity contribution in [2.75, 3.05) is 18.9 Å². The number of nitrogens with zero attached hydrogens (tertiary/aromatic N) is 5. The third-order valence-electron chi connectivity index (χ3n) is 6.34. The van der Waals surface area contributed by atoms with Gasteiger partial charge in [0.1, 0.15) is 59.2 Å². The van der Waals surface area contributed by atoms with Gasteiger partial charge in [0.25, 0.3) is 5.91 Å². The molecule has 5 heterocycles. The van der Waals surface area contributed by atoms with Crippen LogP contribution in [0.25, 0.3) is 11.2 Å². The molecule has 0 aromatic carbocycles. The number of carbonyl (C=O) groups excluding carboxylic acids is 1. The van der Waals surface area contributed by atoms with Crippen molar-refractivity contribution in [1.82, 2.24) is 24.5 Å². The first-order chi connectivity index (χ1) is 20.2. The maximum atomic E-state index is 14.8. The molecule has 236 valence electrons. The minimum atomic E-state index is -5.42. The van der Waals surface area contributed by atoms with Crippen molar-refractivity contribution < 1.29 is 66.3 Å². The van der Waals surface area contributed by atoms with Gasteiger partial charge in [-0.25, -0.2) is 33.5 Å². The van der Waals surface area contributed by atoms with Gasteiger partial charge < -0.3 is 46.0 Å². The molecular weight excluding hydrogens is 647 g/mol. The molecule has 2 aliphatic rings. The van der Waals surface area contributed by atoms with Gasteiger partial charge in [0.2, 0.25) is 0 Å². The van der Waals surface area contributed by atoms with Gasteiger partial charge in [-0.3, -0.25) is 18.4 Å². The van der Waals surface area contributed by atoms with E-state index in [2.05, 4.69) is 33.3 Å². The summed E-state index contributed by atoms with van der Waals surface area (Å²) in [6.45, 7) is -1.94. The van der Waals surface area contributed by atoms with E-state index in [0.717, 1.165) is 17.7 Å². The van der Waals surface area contributed by atoms with Crippen LogP contribution in [0.4, 0.5) is 10.2 Å². The van der Waals surface area contributed by atoms with E-state index < -0.39 is 83.8 Å². The number of fused-ring (bicyclic) bond motifs is 1. The van der Waals surface area contributed by atoms with Crippen molar-refractivity contribution in [3.63, 3.8) is 0 Å². The summed E-state index contributed by atoms with van der Waals surface area (Å²) in [6.07, 6.45) is -10.7. The molecule has 2 fully saturated rings. The number of nitrogens with two attached hydrogens (primary N) is 2. The summed E-state index contributed by atoms with van der Waals surface area (Å²) in [5.41, 5.74) is 11.0. The lowest BCUT2D eigenvalue weighted by Crippen LogP contribution is -2.33. The van der Waals surface area contributed by atoms with Gasteiger partial charge >= 0.3 is 15.6 Å². The fourth-order valence-electron chi connectivity index (χ4n) is 4.26. The number of ether oxygens (including phenoxy) is 2. The number of thiazole rings is 1. The van der Waals surface area contributed by atoms with E-state index >= 15 is 0 Å². The molecule has 3 aromatic rings. The molecule has 0 bridgehead atoms. The number of aliphatic hydroxyl groups is 3. The Morgan fingerprint density at radius 2 is 1.72 bits per heavy atom. The van der Waals surface area contributed by atoms with Crippen molar-refractivity contribution in [3.8, 4) is 0 Å². The van der Waals surface area contributed by atoms with E-state index in [4.69, 9.17) is 20.9 Å². The number of amides is 1. The largest absolute Gasteiger partial charge is 0.481 e. The first kappa shape index (κ1) is 31.9. The lowest BCUT2D eigenvalue weighted by atomic mass is 10.1. The molecule has 2 saturated heterocycles. The number of primary amides is 1. The van der Waals surface area contributed by atoms with E-state index in [1.54, 1.807) is 0 Å². The molecule has 10 atom stereocenters. The number of rotatable bonds is 11. The Labute approximate surface area is 243 Å². The molecule has 0 spiro atoms. The molecule has 1 amide bonds. The zero-order chi connectivity index (χ0) is 31.3. The van der Waals surface area contributed by atoms with Gasteiger partial charge in [-0.1, -0.05) is 0 Å². The Hall–Kier alpha value is -2.56. The number of anilines is 1. The smallest absolute Gasteiger partial charge is 0.387 e. The third kappa shape index (κ3) is 6.61. The third-order valence-corrected chi connectivity index (χ3v) is 9.85. The number of imidazole rings is 1. The standard InChI is InChI=1S/C19H24FN7O13P2S/c20-9-7(39-19(12(9)29)27-5-25-10-15(21)23-4-24-17(10)27)1-36-41(32,33)40-42(34,35)37-2-8-11(28)13(30)14(38-8)18-26-6(3-43-18)16(22)31/h3-5,7-9,11-14,19,28-30H,1-2H2,(H2,22,31)(H,32,33)(H,34,35)(H2,21,23,24)/t7-,8+,9-,11+,12-,13+,14+,19-/m0/s1. The fourth-order valence-corrected chi connectivity index (χ4v) is 7.24. The van der Waals surface area contributed by atoms with Crippen LogP contribution in [0, 0.1) is 0 Å². The Morgan fingerprint density at radius 1 is 1.05 bits per heavy atom. The summed E-state index contributed by atoms with van der Waals surface area (Å²) < 4.78 is 65.0. The number of phosphoric acid groups is 2. The van der Waals surface area contributed by atoms with Crippen LogP contribution in [0.3, 0.4) is 0 Å². The molecule has 5 rings (SSSR count). The molecule has 0 radical (unpaired) electrons. The molecule has 2 aliphatic heterocycles. The van der Waals surface area contributed by atoms with Crippen molar-refractivity contribution in [1.29, 1.82) is 0 Å². The van der Waals surface area contributed by atoms with Crippen LogP contribution in [-0.4, -0.2) is 105 Å². The quantitative estimate of drug-likeness (QED) is 0.116. The number of aromatic nitrogens is 5.